The second-order valence-electron chi connectivity index (χ2n) is 3.48. The van der Waals surface area contributed by atoms with Crippen molar-refractivity contribution < 1.29 is 19.4 Å². The van der Waals surface area contributed by atoms with Gasteiger partial charge in [-0.25, -0.2) is 9.59 Å². The summed E-state index contributed by atoms with van der Waals surface area (Å²) >= 11 is 0. The number of rotatable bonds is 2. The van der Waals surface area contributed by atoms with Gasteiger partial charge in [0.25, 0.3) is 0 Å². The first-order valence-corrected chi connectivity index (χ1v) is 4.93. The maximum Gasteiger partial charge on any atom is 0.409 e. The molecule has 6 nitrogen and oxygen atoms in total. The highest BCUT2D eigenvalue weighted by Crippen LogP contribution is 2.15. The number of ether oxygens (including phenoxy) is 1. The van der Waals surface area contributed by atoms with E-state index in [1.165, 1.54) is 9.80 Å². The van der Waals surface area contributed by atoms with Crippen LogP contribution in [0.25, 0.3) is 0 Å². The number of likely N-dealkylation sites (tertiary alicyclic amines) is 1. The molecule has 0 unspecified atom stereocenters. The molecule has 0 saturated carbocycles. The van der Waals surface area contributed by atoms with Crippen molar-refractivity contribution in [3.05, 3.63) is 0 Å². The number of amides is 2. The Bertz CT molecular complexity index is 256. The van der Waals surface area contributed by atoms with Crippen molar-refractivity contribution in [1.29, 1.82) is 0 Å². The van der Waals surface area contributed by atoms with Gasteiger partial charge in [0.1, 0.15) is 0 Å². The van der Waals surface area contributed by atoms with Gasteiger partial charge in [-0.1, -0.05) is 0 Å². The van der Waals surface area contributed by atoms with Gasteiger partial charge >= 0.3 is 12.2 Å². The lowest BCUT2D eigenvalue weighted by Gasteiger charge is -2.23. The van der Waals surface area contributed by atoms with Gasteiger partial charge < -0.3 is 19.6 Å². The number of carbonyl (C=O) groups is 2. The average molecular weight is 216 g/mol. The predicted octanol–water partition coefficient (Wildman–Crippen LogP) is 0.827. The lowest BCUT2D eigenvalue weighted by Crippen LogP contribution is -2.40. The summed E-state index contributed by atoms with van der Waals surface area (Å²) in [5.74, 6) is 0. The molecular weight excluding hydrogens is 200 g/mol. The zero-order valence-corrected chi connectivity index (χ0v) is 8.97. The molecule has 1 heterocycles. The fourth-order valence-electron chi connectivity index (χ4n) is 1.61. The van der Waals surface area contributed by atoms with E-state index in [0.717, 1.165) is 0 Å². The van der Waals surface area contributed by atoms with Gasteiger partial charge in [0, 0.05) is 20.1 Å². The van der Waals surface area contributed by atoms with Gasteiger partial charge in [0.05, 0.1) is 12.6 Å². The molecule has 15 heavy (non-hydrogen) atoms. The summed E-state index contributed by atoms with van der Waals surface area (Å²) in [4.78, 5) is 24.8. The van der Waals surface area contributed by atoms with Crippen molar-refractivity contribution in [2.24, 2.45) is 0 Å². The third-order valence-electron chi connectivity index (χ3n) is 2.54. The zero-order valence-electron chi connectivity index (χ0n) is 8.97. The third-order valence-corrected chi connectivity index (χ3v) is 2.54. The molecule has 2 amide bonds. The number of carbonyl (C=O) groups excluding carboxylic acids is 1. The molecule has 1 aliphatic rings. The highest BCUT2D eigenvalue weighted by molar-refractivity contribution is 5.68. The van der Waals surface area contributed by atoms with Gasteiger partial charge in [0.2, 0.25) is 0 Å². The monoisotopic (exact) mass is 216 g/mol. The Balaban J connectivity index is 2.46. The Kier molecular flexibility index (Phi) is 3.76. The summed E-state index contributed by atoms with van der Waals surface area (Å²) in [5.41, 5.74) is 0. The van der Waals surface area contributed by atoms with Crippen LogP contribution in [-0.2, 0) is 4.74 Å². The van der Waals surface area contributed by atoms with Gasteiger partial charge in [-0.2, -0.15) is 0 Å². The molecule has 1 fully saturated rings. The molecule has 1 rings (SSSR count). The summed E-state index contributed by atoms with van der Waals surface area (Å²) in [7, 11) is 1.63. The lowest BCUT2D eigenvalue weighted by atomic mass is 10.2. The summed E-state index contributed by atoms with van der Waals surface area (Å²) in [6, 6.07) is -0.0693. The van der Waals surface area contributed by atoms with Crippen LogP contribution in [0.3, 0.4) is 0 Å². The predicted molar refractivity (Wildman–Crippen MR) is 52.8 cm³/mol. The van der Waals surface area contributed by atoms with Gasteiger partial charge in [-0.3, -0.25) is 0 Å². The molecule has 0 bridgehead atoms. The Morgan fingerprint density at radius 1 is 1.60 bits per heavy atom. The molecule has 1 aliphatic heterocycles. The zero-order chi connectivity index (χ0) is 11.4. The van der Waals surface area contributed by atoms with Crippen LogP contribution in [0.1, 0.15) is 13.3 Å². The highest BCUT2D eigenvalue weighted by atomic mass is 16.6. The number of hydrogen-bond acceptors (Lipinski definition) is 3. The van der Waals surface area contributed by atoms with Crippen LogP contribution in [0.5, 0.6) is 0 Å². The molecule has 0 aliphatic carbocycles. The molecule has 0 aromatic heterocycles. The maximum absolute atomic E-state index is 11.3. The van der Waals surface area contributed by atoms with Crippen LogP contribution >= 0.6 is 0 Å². The minimum absolute atomic E-state index is 0.0693. The summed E-state index contributed by atoms with van der Waals surface area (Å²) in [5, 5.41) is 8.75. The van der Waals surface area contributed by atoms with Crippen LogP contribution < -0.4 is 0 Å². The molecule has 1 atom stereocenters. The van der Waals surface area contributed by atoms with Gasteiger partial charge in [-0.15, -0.1) is 0 Å². The van der Waals surface area contributed by atoms with E-state index in [0.29, 0.717) is 26.1 Å². The van der Waals surface area contributed by atoms with Crippen LogP contribution in [0.2, 0.25) is 0 Å². The van der Waals surface area contributed by atoms with E-state index < -0.39 is 12.2 Å². The van der Waals surface area contributed by atoms with Crippen molar-refractivity contribution in [2.75, 3.05) is 26.7 Å². The number of hydrogen-bond donors (Lipinski definition) is 1. The minimum Gasteiger partial charge on any atom is -0.465 e. The van der Waals surface area contributed by atoms with Crippen molar-refractivity contribution in [3.63, 3.8) is 0 Å². The molecule has 1 saturated heterocycles. The van der Waals surface area contributed by atoms with E-state index in [4.69, 9.17) is 9.84 Å². The smallest absolute Gasteiger partial charge is 0.409 e. The first-order valence-electron chi connectivity index (χ1n) is 4.93. The summed E-state index contributed by atoms with van der Waals surface area (Å²) in [6.45, 7) is 2.91. The second-order valence-corrected chi connectivity index (χ2v) is 3.48. The highest BCUT2D eigenvalue weighted by Gasteiger charge is 2.31. The average Bonchev–Trinajstić information content (AvgIpc) is 2.65. The SMILES string of the molecule is CCOC(=O)N(C)[C@@H]1CCN(C(=O)O)C1. The fourth-order valence-corrected chi connectivity index (χ4v) is 1.61. The van der Waals surface area contributed by atoms with Crippen LogP contribution in [0.4, 0.5) is 9.59 Å². The first-order chi connectivity index (χ1) is 7.06. The summed E-state index contributed by atoms with van der Waals surface area (Å²) < 4.78 is 4.83. The maximum atomic E-state index is 11.3. The Hall–Kier alpha value is -1.46. The third kappa shape index (κ3) is 2.74. The molecule has 86 valence electrons. The van der Waals surface area contributed by atoms with Crippen molar-refractivity contribution >= 4 is 12.2 Å². The van der Waals surface area contributed by atoms with Gasteiger partial charge in [0.15, 0.2) is 0 Å². The topological polar surface area (TPSA) is 70.1 Å². The van der Waals surface area contributed by atoms with E-state index in [2.05, 4.69) is 0 Å². The molecule has 0 spiro atoms. The number of nitrogens with zero attached hydrogens (tertiary/aromatic N) is 2. The Morgan fingerprint density at radius 3 is 2.73 bits per heavy atom. The fraction of sp³-hybridized carbons (Fsp3) is 0.778. The molecule has 0 aromatic rings. The Labute approximate surface area is 88.4 Å². The van der Waals surface area contributed by atoms with Crippen molar-refractivity contribution in [1.82, 2.24) is 9.80 Å². The van der Waals surface area contributed by atoms with E-state index in [9.17, 15) is 9.59 Å². The normalized spacial score (nSPS) is 20.1. The second kappa shape index (κ2) is 4.86. The molecular formula is C9H16N2O4. The lowest BCUT2D eigenvalue weighted by molar-refractivity contribution is 0.101. The number of carboxylic acid groups (broad SMARTS) is 1. The quantitative estimate of drug-likeness (QED) is 0.742. The number of likely N-dealkylation sites (N-methyl/N-ethyl adjacent to an activating group) is 1. The van der Waals surface area contributed by atoms with Crippen molar-refractivity contribution in [2.45, 2.75) is 19.4 Å². The van der Waals surface area contributed by atoms with Gasteiger partial charge in [-0.05, 0) is 13.3 Å². The van der Waals surface area contributed by atoms with Crippen LogP contribution in [-0.4, -0.2) is 59.9 Å². The minimum atomic E-state index is -0.935. The standard InChI is InChI=1S/C9H16N2O4/c1-3-15-9(14)10(2)7-4-5-11(6-7)8(12)13/h7H,3-6H2,1-2H3,(H,12,13)/t7-/m1/s1. The van der Waals surface area contributed by atoms with E-state index in [1.807, 2.05) is 0 Å². The molecule has 1 N–H and O–H groups in total. The largest absolute Gasteiger partial charge is 0.465 e. The first kappa shape index (κ1) is 11.6. The van der Waals surface area contributed by atoms with Crippen LogP contribution in [0, 0.1) is 0 Å². The van der Waals surface area contributed by atoms with E-state index in [-0.39, 0.29) is 6.04 Å². The van der Waals surface area contributed by atoms with E-state index >= 15 is 0 Å². The summed E-state index contributed by atoms with van der Waals surface area (Å²) in [6.07, 6.45) is -0.661. The molecule has 0 aromatic carbocycles. The van der Waals surface area contributed by atoms with Crippen molar-refractivity contribution in [3.8, 4) is 0 Å². The van der Waals surface area contributed by atoms with E-state index in [1.54, 1.807) is 14.0 Å². The molecule has 0 radical (unpaired) electrons. The van der Waals surface area contributed by atoms with Crippen LogP contribution in [0.15, 0.2) is 0 Å². The Morgan fingerprint density at radius 2 is 2.27 bits per heavy atom. The molecule has 6 heteroatoms.